The normalized spacial score (nSPS) is 15.3. The number of benzene rings is 1. The molecule has 174 valence electrons. The van der Waals surface area contributed by atoms with Crippen LogP contribution in [-0.2, 0) is 14.6 Å². The fourth-order valence-electron chi connectivity index (χ4n) is 3.76. The molecule has 0 bridgehead atoms. The SMILES string of the molecule is COc1ccncc1N(c1ccc(S(C)(=O)=O)cc1)C1CCN(C(=O)OC(C)(C)C)CC1. The standard InChI is InChI=1S/C23H31N3O5S/c1-23(2,3)31-22(27)25-14-11-18(12-15-25)26(20-16-24-13-10-21(20)30-4)17-6-8-19(9-7-17)32(5,28)29/h6-10,13,16,18H,11-12,14-15H2,1-5H3. The van der Waals surface area contributed by atoms with E-state index in [1.165, 1.54) is 6.26 Å². The third-order valence-electron chi connectivity index (χ3n) is 5.27. The zero-order valence-corrected chi connectivity index (χ0v) is 20.1. The van der Waals surface area contributed by atoms with Crippen molar-refractivity contribution in [3.05, 3.63) is 42.7 Å². The van der Waals surface area contributed by atoms with Crippen LogP contribution in [0.15, 0.2) is 47.6 Å². The molecule has 0 atom stereocenters. The van der Waals surface area contributed by atoms with Crippen LogP contribution in [0, 0.1) is 0 Å². The maximum atomic E-state index is 12.5. The maximum absolute atomic E-state index is 12.5. The number of piperidine rings is 1. The monoisotopic (exact) mass is 461 g/mol. The Balaban J connectivity index is 1.89. The molecule has 1 aromatic carbocycles. The van der Waals surface area contributed by atoms with Crippen LogP contribution in [0.1, 0.15) is 33.6 Å². The van der Waals surface area contributed by atoms with Gasteiger partial charge in [-0.1, -0.05) is 0 Å². The second kappa shape index (κ2) is 9.36. The average Bonchev–Trinajstić information content (AvgIpc) is 2.73. The molecule has 1 aliphatic heterocycles. The molecule has 8 nitrogen and oxygen atoms in total. The van der Waals surface area contributed by atoms with Crippen LogP contribution in [0.2, 0.25) is 0 Å². The fourth-order valence-corrected chi connectivity index (χ4v) is 4.39. The Morgan fingerprint density at radius 3 is 2.28 bits per heavy atom. The summed E-state index contributed by atoms with van der Waals surface area (Å²) < 4.78 is 34.9. The topological polar surface area (TPSA) is 89.0 Å². The van der Waals surface area contributed by atoms with Gasteiger partial charge in [0.1, 0.15) is 17.0 Å². The molecule has 1 fully saturated rings. The minimum absolute atomic E-state index is 0.0656. The van der Waals surface area contributed by atoms with E-state index in [2.05, 4.69) is 9.88 Å². The number of sulfone groups is 1. The van der Waals surface area contributed by atoms with Crippen molar-refractivity contribution in [1.82, 2.24) is 9.88 Å². The summed E-state index contributed by atoms with van der Waals surface area (Å²) in [6.07, 6.45) is 5.72. The van der Waals surface area contributed by atoms with E-state index in [-0.39, 0.29) is 17.0 Å². The highest BCUT2D eigenvalue weighted by Crippen LogP contribution is 2.37. The molecule has 0 spiro atoms. The number of amides is 1. The van der Waals surface area contributed by atoms with Crippen molar-refractivity contribution in [2.45, 2.75) is 50.2 Å². The van der Waals surface area contributed by atoms with Crippen LogP contribution in [0.5, 0.6) is 5.75 Å². The maximum Gasteiger partial charge on any atom is 0.410 e. The van der Waals surface area contributed by atoms with E-state index in [0.717, 1.165) is 11.4 Å². The number of hydrogen-bond acceptors (Lipinski definition) is 7. The van der Waals surface area contributed by atoms with Crippen LogP contribution >= 0.6 is 0 Å². The highest BCUT2D eigenvalue weighted by molar-refractivity contribution is 7.90. The Kier molecular flexibility index (Phi) is 6.97. The van der Waals surface area contributed by atoms with Crippen LogP contribution < -0.4 is 9.64 Å². The summed E-state index contributed by atoms with van der Waals surface area (Å²) in [6.45, 7) is 6.68. The van der Waals surface area contributed by atoms with Crippen molar-refractivity contribution < 1.29 is 22.7 Å². The van der Waals surface area contributed by atoms with E-state index in [1.807, 2.05) is 20.8 Å². The van der Waals surface area contributed by atoms with Crippen LogP contribution in [0.25, 0.3) is 0 Å². The summed E-state index contributed by atoms with van der Waals surface area (Å²) in [6, 6.07) is 8.66. The highest BCUT2D eigenvalue weighted by Gasteiger charge is 2.31. The third-order valence-corrected chi connectivity index (χ3v) is 6.39. The van der Waals surface area contributed by atoms with Gasteiger partial charge in [-0.05, 0) is 57.9 Å². The number of hydrogen-bond donors (Lipinski definition) is 0. The first-order valence-electron chi connectivity index (χ1n) is 10.5. The number of aromatic nitrogens is 1. The summed E-state index contributed by atoms with van der Waals surface area (Å²) in [4.78, 5) is 20.8. The van der Waals surface area contributed by atoms with Gasteiger partial charge in [-0.2, -0.15) is 0 Å². The van der Waals surface area contributed by atoms with Gasteiger partial charge in [0.2, 0.25) is 0 Å². The summed E-state index contributed by atoms with van der Waals surface area (Å²) >= 11 is 0. The lowest BCUT2D eigenvalue weighted by Crippen LogP contribution is -2.47. The summed E-state index contributed by atoms with van der Waals surface area (Å²) in [7, 11) is -1.69. The van der Waals surface area contributed by atoms with Crippen LogP contribution in [0.4, 0.5) is 16.2 Å². The molecule has 32 heavy (non-hydrogen) atoms. The van der Waals surface area contributed by atoms with Gasteiger partial charge in [-0.15, -0.1) is 0 Å². The molecule has 0 unspecified atom stereocenters. The Labute approximate surface area is 190 Å². The molecular weight excluding hydrogens is 430 g/mol. The van der Waals surface area contributed by atoms with Crippen LogP contribution in [0.3, 0.4) is 0 Å². The van der Waals surface area contributed by atoms with Gasteiger partial charge in [-0.3, -0.25) is 4.98 Å². The number of anilines is 2. The van der Waals surface area contributed by atoms with E-state index in [0.29, 0.717) is 31.7 Å². The van der Waals surface area contributed by atoms with E-state index in [4.69, 9.17) is 9.47 Å². The number of pyridine rings is 1. The molecule has 2 aromatic rings. The minimum Gasteiger partial charge on any atom is -0.494 e. The van der Waals surface area contributed by atoms with Crippen LogP contribution in [-0.4, -0.2) is 62.5 Å². The number of methoxy groups -OCH3 is 1. The molecule has 0 aliphatic carbocycles. The molecule has 2 heterocycles. The van der Waals surface area contributed by atoms with E-state index in [1.54, 1.807) is 54.7 Å². The number of carbonyl (C=O) groups excluding carboxylic acids is 1. The lowest BCUT2D eigenvalue weighted by Gasteiger charge is -2.40. The summed E-state index contributed by atoms with van der Waals surface area (Å²) in [5.41, 5.74) is 1.09. The molecule has 3 rings (SSSR count). The van der Waals surface area contributed by atoms with Gasteiger partial charge in [0.15, 0.2) is 9.84 Å². The Morgan fingerprint density at radius 2 is 1.75 bits per heavy atom. The van der Waals surface area contributed by atoms with Crippen molar-refractivity contribution in [3.63, 3.8) is 0 Å². The molecule has 9 heteroatoms. The lowest BCUT2D eigenvalue weighted by atomic mass is 10.0. The zero-order chi connectivity index (χ0) is 23.5. The molecule has 0 N–H and O–H groups in total. The van der Waals surface area contributed by atoms with Crippen molar-refractivity contribution in [3.8, 4) is 5.75 Å². The molecule has 0 radical (unpaired) electrons. The van der Waals surface area contributed by atoms with Crippen molar-refractivity contribution in [2.24, 2.45) is 0 Å². The van der Waals surface area contributed by atoms with Gasteiger partial charge in [0.25, 0.3) is 0 Å². The van der Waals surface area contributed by atoms with Gasteiger partial charge in [0.05, 0.1) is 18.2 Å². The van der Waals surface area contributed by atoms with Gasteiger partial charge >= 0.3 is 6.09 Å². The van der Waals surface area contributed by atoms with Gasteiger partial charge in [0, 0.05) is 43.3 Å². The molecule has 1 amide bonds. The van der Waals surface area contributed by atoms with Crippen molar-refractivity contribution in [2.75, 3.05) is 31.4 Å². The molecule has 1 saturated heterocycles. The first-order chi connectivity index (χ1) is 15.0. The predicted molar refractivity (Wildman–Crippen MR) is 123 cm³/mol. The van der Waals surface area contributed by atoms with E-state index in [9.17, 15) is 13.2 Å². The second-order valence-electron chi connectivity index (χ2n) is 8.88. The zero-order valence-electron chi connectivity index (χ0n) is 19.2. The highest BCUT2D eigenvalue weighted by atomic mass is 32.2. The van der Waals surface area contributed by atoms with Gasteiger partial charge < -0.3 is 19.3 Å². The third kappa shape index (κ3) is 5.70. The largest absolute Gasteiger partial charge is 0.494 e. The predicted octanol–water partition coefficient (Wildman–Crippen LogP) is 4.03. The summed E-state index contributed by atoms with van der Waals surface area (Å²) in [5, 5.41) is 0. The van der Waals surface area contributed by atoms with Crippen molar-refractivity contribution >= 4 is 27.3 Å². The average molecular weight is 462 g/mol. The minimum atomic E-state index is -3.29. The Bertz CT molecular complexity index is 1040. The summed E-state index contributed by atoms with van der Waals surface area (Å²) in [5.74, 6) is 0.668. The van der Waals surface area contributed by atoms with E-state index >= 15 is 0 Å². The van der Waals surface area contributed by atoms with Crippen molar-refractivity contribution in [1.29, 1.82) is 0 Å². The number of rotatable bonds is 5. The number of carbonyl (C=O) groups is 1. The van der Waals surface area contributed by atoms with E-state index < -0.39 is 15.4 Å². The number of likely N-dealkylation sites (tertiary alicyclic amines) is 1. The molecule has 0 saturated carbocycles. The smallest absolute Gasteiger partial charge is 0.410 e. The lowest BCUT2D eigenvalue weighted by molar-refractivity contribution is 0.0206. The quantitative estimate of drug-likeness (QED) is 0.664. The molecule has 1 aromatic heterocycles. The number of nitrogens with zero attached hydrogens (tertiary/aromatic N) is 3. The fraction of sp³-hybridized carbons (Fsp3) is 0.478. The molecular formula is C23H31N3O5S. The second-order valence-corrected chi connectivity index (χ2v) is 10.9. The molecule has 1 aliphatic rings. The van der Waals surface area contributed by atoms with Gasteiger partial charge in [-0.25, -0.2) is 13.2 Å². The first kappa shape index (κ1) is 23.8. The first-order valence-corrected chi connectivity index (χ1v) is 12.4. The Morgan fingerprint density at radius 1 is 1.12 bits per heavy atom. The Hall–Kier alpha value is -2.81. The number of ether oxygens (including phenoxy) is 2.